The minimum atomic E-state index is -0.607. The van der Waals surface area contributed by atoms with E-state index in [0.717, 1.165) is 4.68 Å². The predicted octanol–water partition coefficient (Wildman–Crippen LogP) is 7.56. The highest BCUT2D eigenvalue weighted by molar-refractivity contribution is 6.42. The summed E-state index contributed by atoms with van der Waals surface area (Å²) in [5.74, 6) is 0.112. The number of nitrogens with zero attached hydrogens (tertiary/aromatic N) is 2. The van der Waals surface area contributed by atoms with Gasteiger partial charge < -0.3 is 14.5 Å². The molecule has 0 radical (unpaired) electrons. The Morgan fingerprint density at radius 2 is 1.71 bits per heavy atom. The minimum absolute atomic E-state index is 0.0432. The average molecular weight is 563 g/mol. The Morgan fingerprint density at radius 3 is 2.23 bits per heavy atom. The van der Waals surface area contributed by atoms with Crippen LogP contribution < -0.4 is 15.8 Å². The fourth-order valence-corrected chi connectivity index (χ4v) is 3.39. The molecule has 3 aromatic rings. The van der Waals surface area contributed by atoms with E-state index >= 15 is 0 Å². The molecule has 1 amide bonds. The van der Waals surface area contributed by atoms with E-state index in [0.29, 0.717) is 44.5 Å². The molecule has 0 saturated heterocycles. The second-order valence-electron chi connectivity index (χ2n) is 8.77. The number of halogens is 4. The number of aromatic nitrogens is 2. The molecule has 11 heteroatoms. The van der Waals surface area contributed by atoms with Crippen molar-refractivity contribution in [2.45, 2.75) is 59.5 Å². The molecule has 0 saturated carbocycles. The van der Waals surface area contributed by atoms with Crippen LogP contribution in [0, 0.1) is 0 Å². The van der Waals surface area contributed by atoms with Crippen LogP contribution in [0.1, 0.15) is 53.9 Å². The van der Waals surface area contributed by atoms with E-state index in [1.54, 1.807) is 31.2 Å². The van der Waals surface area contributed by atoms with Gasteiger partial charge in [-0.1, -0.05) is 74.1 Å². The first-order chi connectivity index (χ1) is 16.2. The van der Waals surface area contributed by atoms with Crippen LogP contribution >= 0.6 is 46.4 Å². The van der Waals surface area contributed by atoms with E-state index in [4.69, 9.17) is 55.6 Å². The van der Waals surface area contributed by atoms with Gasteiger partial charge in [-0.05, 0) is 38.1 Å². The van der Waals surface area contributed by atoms with Crippen molar-refractivity contribution in [3.63, 3.8) is 0 Å². The van der Waals surface area contributed by atoms with Crippen LogP contribution in [0.5, 0.6) is 5.75 Å². The van der Waals surface area contributed by atoms with Crippen LogP contribution in [0.15, 0.2) is 39.5 Å². The van der Waals surface area contributed by atoms with Crippen LogP contribution in [-0.4, -0.2) is 21.8 Å². The molecule has 0 aliphatic carbocycles. The quantitative estimate of drug-likeness (QED) is 0.346. The normalized spacial score (nSPS) is 11.2. The fourth-order valence-electron chi connectivity index (χ4n) is 2.58. The summed E-state index contributed by atoms with van der Waals surface area (Å²) >= 11 is 23.8. The third-order valence-corrected chi connectivity index (χ3v) is 5.64. The van der Waals surface area contributed by atoms with Gasteiger partial charge in [-0.15, -0.1) is 5.10 Å². The summed E-state index contributed by atoms with van der Waals surface area (Å²) in [6.45, 7) is 11.3. The maximum atomic E-state index is 12.1. The Labute approximate surface area is 224 Å². The van der Waals surface area contributed by atoms with Crippen LogP contribution in [0.2, 0.25) is 20.1 Å². The van der Waals surface area contributed by atoms with Gasteiger partial charge in [-0.25, -0.2) is 4.79 Å². The summed E-state index contributed by atoms with van der Waals surface area (Å²) in [7, 11) is 0. The van der Waals surface area contributed by atoms with Gasteiger partial charge >= 0.3 is 5.76 Å². The van der Waals surface area contributed by atoms with E-state index in [2.05, 4.69) is 10.4 Å². The van der Waals surface area contributed by atoms with Gasteiger partial charge in [0.2, 0.25) is 11.8 Å². The lowest BCUT2D eigenvalue weighted by atomic mass is 9.97. The van der Waals surface area contributed by atoms with Crippen LogP contribution in [-0.2, 0) is 10.2 Å². The molecule has 0 aliphatic heterocycles. The molecule has 190 valence electrons. The van der Waals surface area contributed by atoms with E-state index in [1.165, 1.54) is 6.07 Å². The molecule has 1 N–H and O–H groups in total. The van der Waals surface area contributed by atoms with E-state index < -0.39 is 5.76 Å². The molecule has 3 rings (SSSR count). The first kappa shape index (κ1) is 29.0. The van der Waals surface area contributed by atoms with Gasteiger partial charge in [0.25, 0.3) is 0 Å². The van der Waals surface area contributed by atoms with Gasteiger partial charge in [-0.3, -0.25) is 4.79 Å². The number of amides is 1. The highest BCUT2D eigenvalue weighted by Gasteiger charge is 2.24. The molecule has 0 spiro atoms. The van der Waals surface area contributed by atoms with Gasteiger partial charge in [0.1, 0.15) is 5.75 Å². The lowest BCUT2D eigenvalue weighted by Gasteiger charge is -2.13. The number of benzene rings is 2. The highest BCUT2D eigenvalue weighted by Crippen LogP contribution is 2.33. The van der Waals surface area contributed by atoms with E-state index in [1.807, 2.05) is 34.6 Å². The minimum Gasteiger partial charge on any atom is -0.489 e. The molecule has 0 bridgehead atoms. The first-order valence-electron chi connectivity index (χ1n) is 10.7. The molecule has 1 aromatic heterocycles. The maximum Gasteiger partial charge on any atom is 0.442 e. The number of hydrogen-bond acceptors (Lipinski definition) is 5. The summed E-state index contributed by atoms with van der Waals surface area (Å²) in [5.41, 5.74) is 0.646. The Morgan fingerprint density at radius 1 is 1.06 bits per heavy atom. The summed E-state index contributed by atoms with van der Waals surface area (Å²) < 4.78 is 11.9. The lowest BCUT2D eigenvalue weighted by molar-refractivity contribution is -0.115. The van der Waals surface area contributed by atoms with Crippen LogP contribution in [0.25, 0.3) is 5.69 Å². The standard InChI is InChI=1S/C15H18Cl2N2O3.C9H9Cl2NO/c1-8(2)21-12-7-11(9(16)6-10(12)17)19-14(20)22-13(18-19)15(3,4)5;1-2-9(13)12-6-3-4-7(10)8(11)5-6/h6-8H,1-5H3;3-5H,2H2,1H3,(H,12,13). The summed E-state index contributed by atoms with van der Waals surface area (Å²) in [4.78, 5) is 23.0. The monoisotopic (exact) mass is 561 g/mol. The summed E-state index contributed by atoms with van der Waals surface area (Å²) in [6, 6.07) is 8.09. The fraction of sp³-hybridized carbons (Fsp3) is 0.375. The van der Waals surface area contributed by atoms with Gasteiger partial charge in [0, 0.05) is 23.6 Å². The first-order valence-corrected chi connectivity index (χ1v) is 12.3. The molecule has 2 aromatic carbocycles. The molecule has 35 heavy (non-hydrogen) atoms. The number of nitrogens with one attached hydrogen (secondary N) is 1. The molecule has 0 aliphatic rings. The second-order valence-corrected chi connectivity index (χ2v) is 10.4. The topological polar surface area (TPSA) is 86.4 Å². The number of carbonyl (C=O) groups excluding carboxylic acids is 1. The molecule has 1 heterocycles. The third kappa shape index (κ3) is 8.17. The van der Waals surface area contributed by atoms with Gasteiger partial charge in [0.15, 0.2) is 0 Å². The lowest BCUT2D eigenvalue weighted by Crippen LogP contribution is -2.15. The highest BCUT2D eigenvalue weighted by atomic mass is 35.5. The molecule has 0 fully saturated rings. The zero-order valence-electron chi connectivity index (χ0n) is 20.2. The average Bonchev–Trinajstić information content (AvgIpc) is 3.15. The van der Waals surface area contributed by atoms with E-state index in [9.17, 15) is 9.59 Å². The number of anilines is 1. The van der Waals surface area contributed by atoms with Crippen molar-refractivity contribution >= 4 is 58.0 Å². The number of ether oxygens (including phenoxy) is 1. The van der Waals surface area contributed by atoms with Crippen molar-refractivity contribution in [2.24, 2.45) is 0 Å². The molecular weight excluding hydrogens is 536 g/mol. The largest absolute Gasteiger partial charge is 0.489 e. The predicted molar refractivity (Wildman–Crippen MR) is 142 cm³/mol. The third-order valence-electron chi connectivity index (χ3n) is 4.31. The van der Waals surface area contributed by atoms with Crippen molar-refractivity contribution in [2.75, 3.05) is 5.32 Å². The number of hydrogen-bond donors (Lipinski definition) is 1. The Balaban J connectivity index is 0.000000283. The molecule has 7 nitrogen and oxygen atoms in total. The van der Waals surface area contributed by atoms with Crippen molar-refractivity contribution in [1.82, 2.24) is 9.78 Å². The van der Waals surface area contributed by atoms with Gasteiger partial charge in [0.05, 0.1) is 31.9 Å². The van der Waals surface area contributed by atoms with Crippen molar-refractivity contribution < 1.29 is 13.9 Å². The Hall–Kier alpha value is -2.19. The Kier molecular flexibility index (Phi) is 10.1. The summed E-state index contributed by atoms with van der Waals surface area (Å²) in [6.07, 6.45) is 0.381. The van der Waals surface area contributed by atoms with Crippen LogP contribution in [0.4, 0.5) is 5.69 Å². The Bertz CT molecular complexity index is 1250. The number of rotatable bonds is 5. The summed E-state index contributed by atoms with van der Waals surface area (Å²) in [5, 5.41) is 8.48. The molecule has 0 unspecified atom stereocenters. The van der Waals surface area contributed by atoms with E-state index in [-0.39, 0.29) is 22.4 Å². The van der Waals surface area contributed by atoms with Crippen LogP contribution in [0.3, 0.4) is 0 Å². The SMILES string of the molecule is CC(C)Oc1cc(-n2nc(C(C)(C)C)oc2=O)c(Cl)cc1Cl.CCC(=O)Nc1ccc(Cl)c(Cl)c1. The zero-order chi connectivity index (χ0) is 26.5. The molecular formula is C24H27Cl4N3O4. The van der Waals surface area contributed by atoms with Crippen molar-refractivity contribution in [3.05, 3.63) is 66.9 Å². The maximum absolute atomic E-state index is 12.1. The van der Waals surface area contributed by atoms with Crippen molar-refractivity contribution in [3.8, 4) is 11.4 Å². The smallest absolute Gasteiger partial charge is 0.442 e. The molecule has 0 atom stereocenters. The second kappa shape index (κ2) is 12.2. The number of carbonyl (C=O) groups is 1. The zero-order valence-corrected chi connectivity index (χ0v) is 23.2. The van der Waals surface area contributed by atoms with Gasteiger partial charge in [-0.2, -0.15) is 4.68 Å². The van der Waals surface area contributed by atoms with Crippen molar-refractivity contribution in [1.29, 1.82) is 0 Å².